The molecule has 0 aromatic heterocycles. The Bertz CT molecular complexity index is 904. The van der Waals surface area contributed by atoms with Crippen LogP contribution in [0.4, 0.5) is 17.1 Å². The fraction of sp³-hybridized carbons (Fsp3) is 0.391. The quantitative estimate of drug-likeness (QED) is 0.391. The number of unbranched alkanes of at least 4 members (excludes halogenated alkanes) is 2. The molecule has 8 heteroatoms. The first-order chi connectivity index (χ1) is 15.0. The van der Waals surface area contributed by atoms with Gasteiger partial charge in [0.05, 0.1) is 4.92 Å². The predicted molar refractivity (Wildman–Crippen MR) is 120 cm³/mol. The Morgan fingerprint density at radius 2 is 1.61 bits per heavy atom. The number of piperazine rings is 1. The minimum absolute atomic E-state index is 0.0522. The van der Waals surface area contributed by atoms with Gasteiger partial charge in [-0.1, -0.05) is 19.8 Å². The van der Waals surface area contributed by atoms with E-state index in [1.165, 1.54) is 24.3 Å². The fourth-order valence-corrected chi connectivity index (χ4v) is 3.59. The number of carbonyl (C=O) groups excluding carboxylic acids is 2. The zero-order chi connectivity index (χ0) is 22.2. The number of nitro groups is 1. The first-order valence-electron chi connectivity index (χ1n) is 10.7. The van der Waals surface area contributed by atoms with E-state index in [1.54, 1.807) is 0 Å². The second-order valence-corrected chi connectivity index (χ2v) is 7.63. The van der Waals surface area contributed by atoms with E-state index < -0.39 is 4.92 Å². The van der Waals surface area contributed by atoms with Crippen LogP contribution in [0.3, 0.4) is 0 Å². The van der Waals surface area contributed by atoms with Crippen LogP contribution in [0.1, 0.15) is 43.0 Å². The van der Waals surface area contributed by atoms with Gasteiger partial charge in [-0.05, 0) is 42.8 Å². The van der Waals surface area contributed by atoms with Crippen LogP contribution < -0.4 is 10.2 Å². The van der Waals surface area contributed by atoms with E-state index in [0.717, 1.165) is 51.1 Å². The van der Waals surface area contributed by atoms with Gasteiger partial charge >= 0.3 is 0 Å². The minimum atomic E-state index is -0.497. The van der Waals surface area contributed by atoms with Gasteiger partial charge in [-0.25, -0.2) is 0 Å². The average Bonchev–Trinajstić information content (AvgIpc) is 2.80. The van der Waals surface area contributed by atoms with Crippen molar-refractivity contribution >= 4 is 28.9 Å². The van der Waals surface area contributed by atoms with Crippen LogP contribution in [0, 0.1) is 10.1 Å². The molecular weight excluding hydrogens is 396 g/mol. The molecule has 0 atom stereocenters. The molecule has 1 saturated heterocycles. The van der Waals surface area contributed by atoms with Crippen LogP contribution in [0.15, 0.2) is 48.5 Å². The van der Waals surface area contributed by atoms with E-state index in [9.17, 15) is 19.7 Å². The number of carbonyl (C=O) groups is 2. The van der Waals surface area contributed by atoms with E-state index in [-0.39, 0.29) is 17.5 Å². The number of nitro benzene ring substituents is 1. The van der Waals surface area contributed by atoms with Gasteiger partial charge in [0.2, 0.25) is 5.91 Å². The third kappa shape index (κ3) is 6.04. The third-order valence-electron chi connectivity index (χ3n) is 5.46. The molecule has 31 heavy (non-hydrogen) atoms. The highest BCUT2D eigenvalue weighted by Crippen LogP contribution is 2.21. The number of anilines is 2. The number of benzene rings is 2. The van der Waals surface area contributed by atoms with Crippen LogP contribution >= 0.6 is 0 Å². The average molecular weight is 425 g/mol. The molecule has 164 valence electrons. The molecule has 1 aliphatic rings. The van der Waals surface area contributed by atoms with E-state index in [1.807, 2.05) is 29.2 Å². The van der Waals surface area contributed by atoms with E-state index in [4.69, 9.17) is 0 Å². The van der Waals surface area contributed by atoms with Crippen molar-refractivity contribution in [3.63, 3.8) is 0 Å². The summed E-state index contributed by atoms with van der Waals surface area (Å²) in [7, 11) is 0. The number of hydrogen-bond acceptors (Lipinski definition) is 5. The fourth-order valence-electron chi connectivity index (χ4n) is 3.59. The summed E-state index contributed by atoms with van der Waals surface area (Å²) in [5.41, 5.74) is 2.00. The molecule has 2 amide bonds. The second-order valence-electron chi connectivity index (χ2n) is 7.63. The molecule has 0 unspecified atom stereocenters. The molecular formula is C23H28N4O4. The molecule has 1 heterocycles. The Balaban J connectivity index is 1.50. The van der Waals surface area contributed by atoms with Gasteiger partial charge in [0.15, 0.2) is 0 Å². The first-order valence-corrected chi connectivity index (χ1v) is 10.7. The molecule has 8 nitrogen and oxygen atoms in total. The molecule has 3 rings (SSSR count). The lowest BCUT2D eigenvalue weighted by atomic mass is 10.1. The summed E-state index contributed by atoms with van der Waals surface area (Å²) in [5, 5.41) is 13.5. The van der Waals surface area contributed by atoms with E-state index in [0.29, 0.717) is 17.7 Å². The maximum atomic E-state index is 12.3. The molecule has 0 bridgehead atoms. The van der Waals surface area contributed by atoms with Crippen LogP contribution in [-0.4, -0.2) is 47.8 Å². The molecule has 0 spiro atoms. The highest BCUT2D eigenvalue weighted by atomic mass is 16.6. The normalized spacial score (nSPS) is 13.7. The Kier molecular flexibility index (Phi) is 7.59. The maximum absolute atomic E-state index is 12.3. The largest absolute Gasteiger partial charge is 0.368 e. The van der Waals surface area contributed by atoms with E-state index in [2.05, 4.69) is 17.1 Å². The zero-order valence-corrected chi connectivity index (χ0v) is 17.8. The smallest absolute Gasteiger partial charge is 0.269 e. The summed E-state index contributed by atoms with van der Waals surface area (Å²) >= 11 is 0. The van der Waals surface area contributed by atoms with Crippen molar-refractivity contribution < 1.29 is 14.5 Å². The van der Waals surface area contributed by atoms with Crippen LogP contribution in [-0.2, 0) is 4.79 Å². The first kappa shape index (κ1) is 22.3. The minimum Gasteiger partial charge on any atom is -0.368 e. The number of amides is 2. The predicted octanol–water partition coefficient (Wildman–Crippen LogP) is 4.08. The highest BCUT2D eigenvalue weighted by Gasteiger charge is 2.21. The second kappa shape index (κ2) is 10.6. The molecule has 2 aromatic rings. The summed E-state index contributed by atoms with van der Waals surface area (Å²) in [6.07, 6.45) is 3.81. The molecule has 1 aliphatic heterocycles. The lowest BCUT2D eigenvalue weighted by molar-refractivity contribution is -0.384. The molecule has 0 saturated carbocycles. The molecule has 1 N–H and O–H groups in total. The SMILES string of the molecule is CCCCCC(=O)N1CCN(c2ccc(NC(=O)c3ccc([N+](=O)[O-])cc3)cc2)CC1. The lowest BCUT2D eigenvalue weighted by Gasteiger charge is -2.36. The summed E-state index contributed by atoms with van der Waals surface area (Å²) in [5.74, 6) is -0.0738. The Morgan fingerprint density at radius 1 is 0.968 bits per heavy atom. The molecule has 1 fully saturated rings. The molecule has 2 aromatic carbocycles. The monoisotopic (exact) mass is 424 g/mol. The van der Waals surface area contributed by atoms with Gasteiger partial charge in [-0.15, -0.1) is 0 Å². The van der Waals surface area contributed by atoms with Crippen LogP contribution in [0.2, 0.25) is 0 Å². The summed E-state index contributed by atoms with van der Waals surface area (Å²) in [6.45, 7) is 5.16. The Hall–Kier alpha value is -3.42. The van der Waals surface area contributed by atoms with Crippen LogP contribution in [0.25, 0.3) is 0 Å². The lowest BCUT2D eigenvalue weighted by Crippen LogP contribution is -2.48. The Labute approximate surface area is 182 Å². The van der Waals surface area contributed by atoms with Gasteiger partial charge in [0.1, 0.15) is 0 Å². The molecule has 0 aliphatic carbocycles. The zero-order valence-electron chi connectivity index (χ0n) is 17.8. The van der Waals surface area contributed by atoms with Crippen molar-refractivity contribution in [3.8, 4) is 0 Å². The number of rotatable bonds is 8. The third-order valence-corrected chi connectivity index (χ3v) is 5.46. The summed E-state index contributed by atoms with van der Waals surface area (Å²) < 4.78 is 0. The highest BCUT2D eigenvalue weighted by molar-refractivity contribution is 6.04. The van der Waals surface area contributed by atoms with Gasteiger partial charge in [0, 0.05) is 61.7 Å². The van der Waals surface area contributed by atoms with Crippen molar-refractivity contribution in [2.75, 3.05) is 36.4 Å². The topological polar surface area (TPSA) is 95.8 Å². The number of nitrogens with one attached hydrogen (secondary N) is 1. The van der Waals surface area contributed by atoms with Gasteiger partial charge < -0.3 is 15.1 Å². The van der Waals surface area contributed by atoms with Crippen LogP contribution in [0.5, 0.6) is 0 Å². The molecule has 0 radical (unpaired) electrons. The van der Waals surface area contributed by atoms with Crippen molar-refractivity contribution in [1.82, 2.24) is 4.90 Å². The standard InChI is InChI=1S/C23H28N4O4/c1-2-3-4-5-22(28)26-16-14-25(15-17-26)20-12-8-19(9-13-20)24-23(29)18-6-10-21(11-7-18)27(30)31/h6-13H,2-5,14-17H2,1H3,(H,24,29). The van der Waals surface area contributed by atoms with Gasteiger partial charge in [0.25, 0.3) is 11.6 Å². The van der Waals surface area contributed by atoms with Gasteiger partial charge in [-0.3, -0.25) is 19.7 Å². The van der Waals surface area contributed by atoms with Crippen molar-refractivity contribution in [3.05, 3.63) is 64.2 Å². The number of nitrogens with zero attached hydrogens (tertiary/aromatic N) is 3. The van der Waals surface area contributed by atoms with Gasteiger partial charge in [-0.2, -0.15) is 0 Å². The van der Waals surface area contributed by atoms with Crippen molar-refractivity contribution in [2.45, 2.75) is 32.6 Å². The summed E-state index contributed by atoms with van der Waals surface area (Å²) in [6, 6.07) is 13.1. The maximum Gasteiger partial charge on any atom is 0.269 e. The van der Waals surface area contributed by atoms with Crippen molar-refractivity contribution in [2.24, 2.45) is 0 Å². The van der Waals surface area contributed by atoms with Crippen molar-refractivity contribution in [1.29, 1.82) is 0 Å². The number of non-ortho nitro benzene ring substituents is 1. The Morgan fingerprint density at radius 3 is 2.19 bits per heavy atom. The summed E-state index contributed by atoms with van der Waals surface area (Å²) in [4.78, 5) is 39.0. The van der Waals surface area contributed by atoms with E-state index >= 15 is 0 Å². The number of hydrogen-bond donors (Lipinski definition) is 1.